The van der Waals surface area contributed by atoms with Crippen molar-refractivity contribution in [3.05, 3.63) is 71.8 Å². The van der Waals surface area contributed by atoms with Gasteiger partial charge in [-0.15, -0.1) is 0 Å². The number of piperidine rings is 1. The van der Waals surface area contributed by atoms with Crippen LogP contribution in [0.25, 0.3) is 0 Å². The summed E-state index contributed by atoms with van der Waals surface area (Å²) in [5.41, 5.74) is 2.62. The lowest BCUT2D eigenvalue weighted by molar-refractivity contribution is 0.0497. The molecule has 0 aromatic heterocycles. The summed E-state index contributed by atoms with van der Waals surface area (Å²) in [6.07, 6.45) is 3.73. The van der Waals surface area contributed by atoms with Crippen molar-refractivity contribution in [2.75, 3.05) is 0 Å². The van der Waals surface area contributed by atoms with Crippen molar-refractivity contribution in [2.24, 2.45) is 22.1 Å². The van der Waals surface area contributed by atoms with Crippen LogP contribution in [0.15, 0.2) is 70.9 Å². The van der Waals surface area contributed by atoms with Crippen LogP contribution in [0.4, 0.5) is 0 Å². The number of hydrogen-bond acceptors (Lipinski definition) is 3. The Labute approximate surface area is 136 Å². The summed E-state index contributed by atoms with van der Waals surface area (Å²) in [5.74, 6) is 1.01. The summed E-state index contributed by atoms with van der Waals surface area (Å²) in [6, 6.07) is 22.4. The highest BCUT2D eigenvalue weighted by atomic mass is 15.5. The van der Waals surface area contributed by atoms with Gasteiger partial charge in [-0.3, -0.25) is 0 Å². The van der Waals surface area contributed by atoms with E-state index in [1.807, 2.05) is 0 Å². The molecule has 1 N–H and O–H groups in total. The summed E-state index contributed by atoms with van der Waals surface area (Å²) in [6.45, 7) is 0. The van der Waals surface area contributed by atoms with E-state index in [0.29, 0.717) is 23.9 Å². The Morgan fingerprint density at radius 3 is 1.65 bits per heavy atom. The van der Waals surface area contributed by atoms with E-state index in [9.17, 15) is 0 Å². The Bertz CT molecular complexity index is 664. The maximum atomic E-state index is 4.61. The number of rotatable bonds is 2. The van der Waals surface area contributed by atoms with Gasteiger partial charge in [-0.05, 0) is 24.0 Å². The van der Waals surface area contributed by atoms with E-state index in [1.165, 1.54) is 30.4 Å². The maximum Gasteiger partial charge on any atom is 0.200 e. The SMILES string of the molecule is c1ccc(C2NC(c3ccccc3)C3CCCC2C32N=N2)cc1. The van der Waals surface area contributed by atoms with E-state index in [1.54, 1.807) is 0 Å². The van der Waals surface area contributed by atoms with Gasteiger partial charge < -0.3 is 5.32 Å². The summed E-state index contributed by atoms with van der Waals surface area (Å²) in [4.78, 5) is 0. The average molecular weight is 303 g/mol. The van der Waals surface area contributed by atoms with Crippen molar-refractivity contribution in [2.45, 2.75) is 37.0 Å². The van der Waals surface area contributed by atoms with Crippen LogP contribution in [0.1, 0.15) is 42.5 Å². The highest BCUT2D eigenvalue weighted by molar-refractivity contribution is 5.31. The van der Waals surface area contributed by atoms with Crippen LogP contribution in [0.3, 0.4) is 0 Å². The third kappa shape index (κ3) is 1.99. The van der Waals surface area contributed by atoms with E-state index in [2.05, 4.69) is 76.2 Å². The van der Waals surface area contributed by atoms with Crippen LogP contribution in [-0.2, 0) is 0 Å². The molecule has 4 atom stereocenters. The predicted molar refractivity (Wildman–Crippen MR) is 89.9 cm³/mol. The van der Waals surface area contributed by atoms with Crippen molar-refractivity contribution >= 4 is 0 Å². The smallest absolute Gasteiger partial charge is 0.200 e. The van der Waals surface area contributed by atoms with Gasteiger partial charge in [-0.25, -0.2) is 0 Å². The number of nitrogens with one attached hydrogen (secondary N) is 1. The number of benzene rings is 2. The van der Waals surface area contributed by atoms with Gasteiger partial charge >= 0.3 is 0 Å². The molecule has 23 heavy (non-hydrogen) atoms. The Morgan fingerprint density at radius 2 is 1.22 bits per heavy atom. The molecule has 1 saturated heterocycles. The fourth-order valence-electron chi connectivity index (χ4n) is 4.84. The normalized spacial score (nSPS) is 33.6. The molecule has 1 aliphatic carbocycles. The summed E-state index contributed by atoms with van der Waals surface area (Å²) in [7, 11) is 0. The molecule has 3 aliphatic rings. The predicted octanol–water partition coefficient (Wildman–Crippen LogP) is 4.65. The van der Waals surface area contributed by atoms with Crippen LogP contribution >= 0.6 is 0 Å². The topological polar surface area (TPSA) is 36.8 Å². The number of nitrogens with zero attached hydrogens (tertiary/aromatic N) is 2. The first-order chi connectivity index (χ1) is 11.4. The third-order valence-corrected chi connectivity index (χ3v) is 5.93. The van der Waals surface area contributed by atoms with Crippen LogP contribution in [0, 0.1) is 11.8 Å². The molecule has 2 aromatic rings. The zero-order valence-corrected chi connectivity index (χ0v) is 13.1. The minimum absolute atomic E-state index is 0.121. The maximum absolute atomic E-state index is 4.61. The first-order valence-electron chi connectivity index (χ1n) is 8.68. The van der Waals surface area contributed by atoms with Gasteiger partial charge in [0.1, 0.15) is 0 Å². The van der Waals surface area contributed by atoms with Crippen molar-refractivity contribution in [3.63, 3.8) is 0 Å². The second-order valence-corrected chi connectivity index (χ2v) is 7.07. The number of hydrogen-bond donors (Lipinski definition) is 1. The standard InChI is InChI=1S/C20H21N3/c1-3-8-14(9-4-1)18-16-12-7-13-17(20(16)22-23-20)19(21-18)15-10-5-2-6-11-15/h1-6,8-11,16-19,21H,7,12-13H2. The van der Waals surface area contributed by atoms with Crippen LogP contribution in [0.5, 0.6) is 0 Å². The minimum Gasteiger partial charge on any atom is -0.302 e. The van der Waals surface area contributed by atoms with Crippen LogP contribution in [-0.4, -0.2) is 5.66 Å². The summed E-state index contributed by atoms with van der Waals surface area (Å²) in [5, 5.41) is 13.2. The molecule has 0 amide bonds. The van der Waals surface area contributed by atoms with E-state index >= 15 is 0 Å². The average Bonchev–Trinajstić information content (AvgIpc) is 3.37. The lowest BCUT2D eigenvalue weighted by atomic mass is 9.63. The Balaban J connectivity index is 1.58. The van der Waals surface area contributed by atoms with Gasteiger partial charge in [0.05, 0.1) is 0 Å². The molecular weight excluding hydrogens is 282 g/mol. The highest BCUT2D eigenvalue weighted by Crippen LogP contribution is 2.61. The first kappa shape index (κ1) is 13.4. The molecule has 0 radical (unpaired) electrons. The highest BCUT2D eigenvalue weighted by Gasteiger charge is 2.63. The molecule has 2 fully saturated rings. The zero-order valence-electron chi connectivity index (χ0n) is 13.1. The van der Waals surface area contributed by atoms with Gasteiger partial charge in [0.15, 0.2) is 5.66 Å². The fourth-order valence-corrected chi connectivity index (χ4v) is 4.84. The molecule has 3 heteroatoms. The summed E-state index contributed by atoms with van der Waals surface area (Å²) < 4.78 is 0. The van der Waals surface area contributed by atoms with E-state index in [0.717, 1.165) is 0 Å². The molecule has 2 aromatic carbocycles. The van der Waals surface area contributed by atoms with Crippen LogP contribution in [0.2, 0.25) is 0 Å². The van der Waals surface area contributed by atoms with Gasteiger partial charge in [0, 0.05) is 23.9 Å². The lowest BCUT2D eigenvalue weighted by Gasteiger charge is -2.49. The molecule has 2 heterocycles. The fraction of sp³-hybridized carbons (Fsp3) is 0.400. The van der Waals surface area contributed by atoms with E-state index in [4.69, 9.17) is 0 Å². The lowest BCUT2D eigenvalue weighted by Crippen LogP contribution is -2.55. The largest absolute Gasteiger partial charge is 0.302 e. The van der Waals surface area contributed by atoms with Gasteiger partial charge in [-0.2, -0.15) is 10.2 Å². The van der Waals surface area contributed by atoms with Crippen molar-refractivity contribution in [3.8, 4) is 0 Å². The first-order valence-corrected chi connectivity index (χ1v) is 8.68. The second kappa shape index (κ2) is 5.00. The molecule has 2 aliphatic heterocycles. The monoisotopic (exact) mass is 303 g/mol. The molecule has 5 rings (SSSR count). The zero-order chi connectivity index (χ0) is 15.3. The Kier molecular flexibility index (Phi) is 2.92. The third-order valence-electron chi connectivity index (χ3n) is 5.93. The molecule has 116 valence electrons. The quantitative estimate of drug-likeness (QED) is 0.861. The molecular formula is C20H21N3. The molecule has 3 nitrogen and oxygen atoms in total. The Hall–Kier alpha value is -2.00. The second-order valence-electron chi connectivity index (χ2n) is 7.07. The van der Waals surface area contributed by atoms with E-state index < -0.39 is 0 Å². The van der Waals surface area contributed by atoms with E-state index in [-0.39, 0.29) is 5.66 Å². The van der Waals surface area contributed by atoms with Gasteiger partial charge in [0.2, 0.25) is 0 Å². The summed E-state index contributed by atoms with van der Waals surface area (Å²) >= 11 is 0. The minimum atomic E-state index is -0.121. The van der Waals surface area contributed by atoms with Gasteiger partial charge in [0.25, 0.3) is 0 Å². The van der Waals surface area contributed by atoms with Gasteiger partial charge in [-0.1, -0.05) is 67.1 Å². The van der Waals surface area contributed by atoms with Crippen molar-refractivity contribution in [1.82, 2.24) is 5.32 Å². The molecule has 2 bridgehead atoms. The Morgan fingerprint density at radius 1 is 0.739 bits per heavy atom. The molecule has 4 unspecified atom stereocenters. The molecule has 1 saturated carbocycles. The van der Waals surface area contributed by atoms with Crippen LogP contribution < -0.4 is 5.32 Å². The molecule has 1 spiro atoms. The van der Waals surface area contributed by atoms with Crippen molar-refractivity contribution < 1.29 is 0 Å². The van der Waals surface area contributed by atoms with Crippen molar-refractivity contribution in [1.29, 1.82) is 0 Å².